The molecule has 0 N–H and O–H groups in total. The first kappa shape index (κ1) is 21.1. The topological polar surface area (TPSA) is 0 Å². The number of benzene rings is 1. The summed E-state index contributed by atoms with van der Waals surface area (Å²) in [7, 11) is 0. The summed E-state index contributed by atoms with van der Waals surface area (Å²) in [5.74, 6) is -0.196. The van der Waals surface area contributed by atoms with Crippen molar-refractivity contribution in [3.8, 4) is 0 Å². The molecule has 0 atom stereocenters. The van der Waals surface area contributed by atoms with Crippen molar-refractivity contribution in [2.75, 3.05) is 4.93 Å². The number of aryl methyl sites for hydroxylation is 1. The van der Waals surface area contributed by atoms with Gasteiger partial charge >= 0.3 is 0 Å². The molecule has 0 aromatic heterocycles. The minimum Gasteiger partial charge on any atom is -0.212 e. The SMILES string of the molecule is C=C(/C(C)=C\C=C(/C)F)c1c(C)cccc1C(C)(C)C.CI. The molecule has 0 amide bonds. The number of hydrogen-bond donors (Lipinski definition) is 0. The summed E-state index contributed by atoms with van der Waals surface area (Å²) in [6.07, 6.45) is 3.27. The van der Waals surface area contributed by atoms with Crippen LogP contribution < -0.4 is 0 Å². The maximum Gasteiger partial charge on any atom is 0.0968 e. The Hall–Kier alpha value is -0.900. The second-order valence-corrected chi connectivity index (χ2v) is 6.33. The highest BCUT2D eigenvalue weighted by Crippen LogP contribution is 2.34. The predicted octanol–water partition coefficient (Wildman–Crippen LogP) is 7.18. The monoisotopic (exact) mass is 414 g/mol. The van der Waals surface area contributed by atoms with Gasteiger partial charge in [0.2, 0.25) is 0 Å². The molecule has 0 saturated carbocycles. The van der Waals surface area contributed by atoms with Gasteiger partial charge in [0.1, 0.15) is 0 Å². The maximum atomic E-state index is 12.9. The highest BCUT2D eigenvalue weighted by atomic mass is 127. The van der Waals surface area contributed by atoms with Gasteiger partial charge in [0.25, 0.3) is 0 Å². The Morgan fingerprint density at radius 2 is 1.68 bits per heavy atom. The molecule has 0 aliphatic heterocycles. The zero-order valence-electron chi connectivity index (χ0n) is 14.8. The number of hydrogen-bond acceptors (Lipinski definition) is 0. The summed E-state index contributed by atoms with van der Waals surface area (Å²) in [5, 5.41) is 0. The van der Waals surface area contributed by atoms with Crippen LogP contribution in [-0.4, -0.2) is 4.93 Å². The van der Waals surface area contributed by atoms with Gasteiger partial charge in [0.15, 0.2) is 0 Å². The molecule has 1 aromatic carbocycles. The lowest BCUT2D eigenvalue weighted by Gasteiger charge is -2.25. The second-order valence-electron chi connectivity index (χ2n) is 6.33. The van der Waals surface area contributed by atoms with Gasteiger partial charge in [0, 0.05) is 0 Å². The molecule has 2 heteroatoms. The van der Waals surface area contributed by atoms with E-state index in [9.17, 15) is 4.39 Å². The summed E-state index contributed by atoms with van der Waals surface area (Å²) >= 11 is 2.15. The van der Waals surface area contributed by atoms with Gasteiger partial charge in [-0.2, -0.15) is 0 Å². The molecule has 122 valence electrons. The smallest absolute Gasteiger partial charge is 0.0968 e. The molecule has 1 aromatic rings. The zero-order chi connectivity index (χ0) is 17.5. The van der Waals surface area contributed by atoms with Crippen molar-refractivity contribution in [1.29, 1.82) is 0 Å². The normalized spacial score (nSPS) is 12.6. The Labute approximate surface area is 149 Å². The van der Waals surface area contributed by atoms with E-state index in [1.54, 1.807) is 6.08 Å². The maximum absolute atomic E-state index is 12.9. The van der Waals surface area contributed by atoms with Crippen LogP contribution in [-0.2, 0) is 5.41 Å². The minimum atomic E-state index is -0.196. The van der Waals surface area contributed by atoms with Crippen molar-refractivity contribution < 1.29 is 4.39 Å². The van der Waals surface area contributed by atoms with Gasteiger partial charge in [0.05, 0.1) is 5.83 Å². The molecule has 0 fully saturated rings. The van der Waals surface area contributed by atoms with Crippen molar-refractivity contribution in [3.63, 3.8) is 0 Å². The number of rotatable bonds is 3. The molecular weight excluding hydrogens is 386 g/mol. The van der Waals surface area contributed by atoms with E-state index < -0.39 is 0 Å². The van der Waals surface area contributed by atoms with Crippen molar-refractivity contribution >= 4 is 28.2 Å². The van der Waals surface area contributed by atoms with E-state index in [1.807, 2.05) is 11.9 Å². The number of alkyl halides is 1. The first-order chi connectivity index (χ1) is 10.1. The van der Waals surface area contributed by atoms with Crippen molar-refractivity contribution in [2.24, 2.45) is 0 Å². The second kappa shape index (κ2) is 9.29. The van der Waals surface area contributed by atoms with E-state index in [1.165, 1.54) is 29.7 Å². The summed E-state index contributed by atoms with van der Waals surface area (Å²) in [6.45, 7) is 16.3. The van der Waals surface area contributed by atoms with E-state index in [4.69, 9.17) is 0 Å². The summed E-state index contributed by atoms with van der Waals surface area (Å²) in [4.78, 5) is 1.97. The lowest BCUT2D eigenvalue weighted by Crippen LogP contribution is -2.15. The van der Waals surface area contributed by atoms with Gasteiger partial charge in [-0.3, -0.25) is 0 Å². The Balaban J connectivity index is 0.00000211. The van der Waals surface area contributed by atoms with Crippen LogP contribution in [0.1, 0.15) is 51.3 Å². The first-order valence-electron chi connectivity index (χ1n) is 7.33. The molecule has 1 rings (SSSR count). The van der Waals surface area contributed by atoms with Crippen LogP contribution in [0.25, 0.3) is 5.57 Å². The summed E-state index contributed by atoms with van der Waals surface area (Å²) < 4.78 is 12.9. The first-order valence-corrected chi connectivity index (χ1v) is 9.48. The van der Waals surface area contributed by atoms with E-state index in [0.29, 0.717) is 0 Å². The van der Waals surface area contributed by atoms with Crippen LogP contribution in [0.5, 0.6) is 0 Å². The molecule has 0 aliphatic rings. The van der Waals surface area contributed by atoms with Crippen LogP contribution in [0, 0.1) is 6.92 Å². The van der Waals surface area contributed by atoms with Gasteiger partial charge in [-0.1, -0.05) is 74.2 Å². The molecule has 0 spiro atoms. The molecular formula is C20H28FI. The van der Waals surface area contributed by atoms with Crippen molar-refractivity contribution in [3.05, 3.63) is 65.0 Å². The van der Waals surface area contributed by atoms with Crippen LogP contribution in [0.15, 0.2) is 48.3 Å². The molecule has 22 heavy (non-hydrogen) atoms. The molecule has 0 bridgehead atoms. The molecule has 0 heterocycles. The molecule has 0 nitrogen and oxygen atoms in total. The largest absolute Gasteiger partial charge is 0.212 e. The lowest BCUT2D eigenvalue weighted by molar-refractivity contribution is 0.588. The van der Waals surface area contributed by atoms with Gasteiger partial charge in [-0.15, -0.1) is 0 Å². The Kier molecular flexibility index (Phi) is 8.91. The molecule has 0 unspecified atom stereocenters. The molecule has 0 saturated heterocycles. The van der Waals surface area contributed by atoms with Gasteiger partial charge in [-0.05, 0) is 65.0 Å². The van der Waals surface area contributed by atoms with Crippen LogP contribution in [0.2, 0.25) is 0 Å². The third-order valence-corrected chi connectivity index (χ3v) is 3.42. The van der Waals surface area contributed by atoms with E-state index in [2.05, 4.69) is 75.1 Å². The van der Waals surface area contributed by atoms with Crippen LogP contribution in [0.4, 0.5) is 4.39 Å². The summed E-state index contributed by atoms with van der Waals surface area (Å²) in [5.41, 5.74) is 5.66. The third-order valence-electron chi connectivity index (χ3n) is 3.42. The fourth-order valence-electron chi connectivity index (χ4n) is 2.23. The standard InChI is InChI=1S/C19H25F.CH3I/c1-13(11-12-15(3)20)16(4)18-14(2)9-8-10-17(18)19(5,6)7;1-2/h8-12H,4H2,1-3,5-7H3;1H3/b13-11-,15-12+;. The fraction of sp³-hybridized carbons (Fsp3) is 0.400. The lowest BCUT2D eigenvalue weighted by atomic mass is 9.79. The highest BCUT2D eigenvalue weighted by molar-refractivity contribution is 14.1. The number of halogens is 2. The predicted molar refractivity (Wildman–Crippen MR) is 107 cm³/mol. The van der Waals surface area contributed by atoms with Crippen molar-refractivity contribution in [1.82, 2.24) is 0 Å². The Bertz CT molecular complexity index is 568. The zero-order valence-corrected chi connectivity index (χ0v) is 17.0. The quantitative estimate of drug-likeness (QED) is 0.279. The summed E-state index contributed by atoms with van der Waals surface area (Å²) in [6, 6.07) is 6.33. The average molecular weight is 414 g/mol. The van der Waals surface area contributed by atoms with Gasteiger partial charge in [-0.25, -0.2) is 4.39 Å². The number of allylic oxidation sites excluding steroid dienone is 5. The molecule has 0 radical (unpaired) electrons. The van der Waals surface area contributed by atoms with E-state index in [0.717, 1.165) is 11.1 Å². The van der Waals surface area contributed by atoms with E-state index in [-0.39, 0.29) is 11.2 Å². The van der Waals surface area contributed by atoms with Crippen molar-refractivity contribution in [2.45, 2.75) is 47.0 Å². The van der Waals surface area contributed by atoms with Gasteiger partial charge < -0.3 is 0 Å². The van der Waals surface area contributed by atoms with Crippen LogP contribution in [0.3, 0.4) is 0 Å². The minimum absolute atomic E-state index is 0.0520. The fourth-order valence-corrected chi connectivity index (χ4v) is 2.23. The van der Waals surface area contributed by atoms with E-state index >= 15 is 0 Å². The van der Waals surface area contributed by atoms with Crippen LogP contribution >= 0.6 is 22.6 Å². The molecule has 0 aliphatic carbocycles. The highest BCUT2D eigenvalue weighted by Gasteiger charge is 2.20. The Morgan fingerprint density at radius 1 is 1.14 bits per heavy atom. The Morgan fingerprint density at radius 3 is 2.14 bits per heavy atom. The third kappa shape index (κ3) is 6.07. The average Bonchev–Trinajstić information content (AvgIpc) is 2.44.